The molecule has 0 spiro atoms. The van der Waals surface area contributed by atoms with Crippen molar-refractivity contribution in [3.05, 3.63) is 23.8 Å². The molecule has 4 heteroatoms. The van der Waals surface area contributed by atoms with Gasteiger partial charge in [0, 0.05) is 5.69 Å². The van der Waals surface area contributed by atoms with Gasteiger partial charge in [-0.3, -0.25) is 0 Å². The first kappa shape index (κ1) is 9.92. The maximum absolute atomic E-state index is 13.2. The van der Waals surface area contributed by atoms with Crippen molar-refractivity contribution in [1.29, 1.82) is 0 Å². The molecule has 72 valence electrons. The molecule has 0 fully saturated rings. The summed E-state index contributed by atoms with van der Waals surface area (Å²) in [6, 6.07) is 3.45. The van der Waals surface area contributed by atoms with E-state index < -0.39 is 5.95 Å². The predicted octanol–water partition coefficient (Wildman–Crippen LogP) is 1.67. The second kappa shape index (κ2) is 4.18. The molecule has 0 aliphatic rings. The van der Waals surface area contributed by atoms with Crippen LogP contribution in [0.5, 0.6) is 0 Å². The molecule has 0 saturated carbocycles. The fourth-order valence-electron chi connectivity index (χ4n) is 1.01. The monoisotopic (exact) mass is 183 g/mol. The second-order valence-electron chi connectivity index (χ2n) is 3.11. The summed E-state index contributed by atoms with van der Waals surface area (Å²) >= 11 is 0. The van der Waals surface area contributed by atoms with E-state index in [0.717, 1.165) is 5.69 Å². The van der Waals surface area contributed by atoms with Crippen molar-refractivity contribution in [2.75, 3.05) is 12.0 Å². The van der Waals surface area contributed by atoms with Crippen molar-refractivity contribution in [1.82, 2.24) is 4.98 Å². The van der Waals surface area contributed by atoms with Gasteiger partial charge in [-0.2, -0.15) is 4.39 Å². The van der Waals surface area contributed by atoms with Crippen LogP contribution in [0.2, 0.25) is 0 Å². The lowest BCUT2D eigenvalue weighted by Crippen LogP contribution is -2.12. The molecule has 13 heavy (non-hydrogen) atoms. The molecule has 0 aliphatic heterocycles. The lowest BCUT2D eigenvalue weighted by Gasteiger charge is -2.07. The average molecular weight is 183 g/mol. The van der Waals surface area contributed by atoms with Crippen LogP contribution in [-0.2, 0) is 0 Å². The van der Waals surface area contributed by atoms with E-state index in [1.165, 1.54) is 0 Å². The topological polar surface area (TPSA) is 50.9 Å². The first-order chi connectivity index (χ1) is 6.15. The molecule has 0 amide bonds. The zero-order valence-corrected chi connectivity index (χ0v) is 7.84. The van der Waals surface area contributed by atoms with E-state index in [9.17, 15) is 4.39 Å². The summed E-state index contributed by atoms with van der Waals surface area (Å²) in [6.07, 6.45) is 0. The highest BCUT2D eigenvalue weighted by molar-refractivity contribution is 5.42. The minimum Gasteiger partial charge on any atom is -0.369 e. The molecule has 3 nitrogen and oxygen atoms in total. The Morgan fingerprint density at radius 1 is 1.54 bits per heavy atom. The number of pyridine rings is 1. The highest BCUT2D eigenvalue weighted by atomic mass is 19.1. The third kappa shape index (κ3) is 2.39. The Hall–Kier alpha value is -1.16. The maximum atomic E-state index is 13.2. The predicted molar refractivity (Wildman–Crippen MR) is 51.0 cm³/mol. The quantitative estimate of drug-likeness (QED) is 0.553. The van der Waals surface area contributed by atoms with Gasteiger partial charge in [-0.15, -0.1) is 0 Å². The highest BCUT2D eigenvalue weighted by Crippen LogP contribution is 2.16. The lowest BCUT2D eigenvalue weighted by atomic mass is 10.1. The fraction of sp³-hybridized carbons (Fsp3) is 0.444. The molecule has 3 N–H and O–H groups in total. The van der Waals surface area contributed by atoms with Gasteiger partial charge in [0.05, 0.1) is 12.4 Å². The van der Waals surface area contributed by atoms with Gasteiger partial charge in [0.1, 0.15) is 0 Å². The molecular formula is C9H14FN3. The van der Waals surface area contributed by atoms with Gasteiger partial charge in [0.2, 0.25) is 5.95 Å². The van der Waals surface area contributed by atoms with E-state index in [0.29, 0.717) is 5.69 Å². The Labute approximate surface area is 77.2 Å². The first-order valence-electron chi connectivity index (χ1n) is 4.25. The number of anilines is 1. The number of nitrogens with zero attached hydrogens (tertiary/aromatic N) is 1. The smallest absolute Gasteiger partial charge is 0.236 e. The molecule has 0 aliphatic carbocycles. The zero-order chi connectivity index (χ0) is 9.84. The number of rotatable bonds is 3. The van der Waals surface area contributed by atoms with Gasteiger partial charge in [0.25, 0.3) is 0 Å². The van der Waals surface area contributed by atoms with E-state index in [-0.39, 0.29) is 12.6 Å². The van der Waals surface area contributed by atoms with Crippen LogP contribution < -0.4 is 11.1 Å². The van der Waals surface area contributed by atoms with Crippen LogP contribution in [0.15, 0.2) is 12.1 Å². The minimum absolute atomic E-state index is 0.208. The van der Waals surface area contributed by atoms with E-state index in [1.807, 2.05) is 13.8 Å². The number of nitrogens with one attached hydrogen (secondary N) is 1. The normalized spacial score (nSPS) is 10.5. The van der Waals surface area contributed by atoms with Crippen molar-refractivity contribution < 1.29 is 4.39 Å². The summed E-state index contributed by atoms with van der Waals surface area (Å²) in [4.78, 5) is 3.81. The largest absolute Gasteiger partial charge is 0.369 e. The standard InChI is InChI=1S/C9H14FN3/c1-6(2)7-3-4-8(12-5-11)9(10)13-7/h3-4,6,12H,5,11H2,1-2H3. The Kier molecular flexibility index (Phi) is 3.19. The molecule has 1 aromatic heterocycles. The van der Waals surface area contributed by atoms with Gasteiger partial charge in [-0.25, -0.2) is 4.98 Å². The van der Waals surface area contributed by atoms with Crippen molar-refractivity contribution in [2.45, 2.75) is 19.8 Å². The van der Waals surface area contributed by atoms with Gasteiger partial charge < -0.3 is 11.1 Å². The summed E-state index contributed by atoms with van der Waals surface area (Å²) in [6.45, 7) is 4.15. The van der Waals surface area contributed by atoms with Crippen LogP contribution in [-0.4, -0.2) is 11.7 Å². The second-order valence-corrected chi connectivity index (χ2v) is 3.11. The summed E-state index contributed by atoms with van der Waals surface area (Å²) in [5.41, 5.74) is 6.33. The number of nitrogens with two attached hydrogens (primary N) is 1. The lowest BCUT2D eigenvalue weighted by molar-refractivity contribution is 0.574. The number of halogens is 1. The zero-order valence-electron chi connectivity index (χ0n) is 7.84. The van der Waals surface area contributed by atoms with Crippen LogP contribution in [0.3, 0.4) is 0 Å². The van der Waals surface area contributed by atoms with Gasteiger partial charge in [-0.1, -0.05) is 13.8 Å². The third-order valence-electron chi connectivity index (χ3n) is 1.75. The number of hydrogen-bond donors (Lipinski definition) is 2. The van der Waals surface area contributed by atoms with Crippen molar-refractivity contribution >= 4 is 5.69 Å². The molecule has 0 saturated heterocycles. The Morgan fingerprint density at radius 2 is 2.23 bits per heavy atom. The SMILES string of the molecule is CC(C)c1ccc(NCN)c(F)n1. The van der Waals surface area contributed by atoms with Crippen LogP contribution in [0, 0.1) is 5.95 Å². The Bertz CT molecular complexity index is 286. The summed E-state index contributed by atoms with van der Waals surface area (Å²) in [5.74, 6) is -0.252. The summed E-state index contributed by atoms with van der Waals surface area (Å²) in [7, 11) is 0. The van der Waals surface area contributed by atoms with Crippen molar-refractivity contribution in [3.8, 4) is 0 Å². The maximum Gasteiger partial charge on any atom is 0.236 e. The van der Waals surface area contributed by atoms with Crippen molar-refractivity contribution in [3.63, 3.8) is 0 Å². The van der Waals surface area contributed by atoms with E-state index in [1.54, 1.807) is 12.1 Å². The molecule has 1 rings (SSSR count). The van der Waals surface area contributed by atoms with Crippen LogP contribution >= 0.6 is 0 Å². The van der Waals surface area contributed by atoms with Gasteiger partial charge >= 0.3 is 0 Å². The van der Waals surface area contributed by atoms with Crippen molar-refractivity contribution in [2.24, 2.45) is 5.73 Å². The average Bonchev–Trinajstić information content (AvgIpc) is 2.08. The first-order valence-corrected chi connectivity index (χ1v) is 4.25. The van der Waals surface area contributed by atoms with Gasteiger partial charge in [0.15, 0.2) is 0 Å². The summed E-state index contributed by atoms with van der Waals surface area (Å²) < 4.78 is 13.2. The number of hydrogen-bond acceptors (Lipinski definition) is 3. The number of aromatic nitrogens is 1. The summed E-state index contributed by atoms with van der Waals surface area (Å²) in [5, 5.41) is 2.68. The van der Waals surface area contributed by atoms with Crippen LogP contribution in [0.25, 0.3) is 0 Å². The molecule has 0 aromatic carbocycles. The molecular weight excluding hydrogens is 169 g/mol. The van der Waals surface area contributed by atoms with Crippen LogP contribution in [0.1, 0.15) is 25.5 Å². The Morgan fingerprint density at radius 3 is 2.69 bits per heavy atom. The molecule has 0 radical (unpaired) electrons. The molecule has 0 unspecified atom stereocenters. The molecule has 0 atom stereocenters. The fourth-order valence-corrected chi connectivity index (χ4v) is 1.01. The third-order valence-corrected chi connectivity index (χ3v) is 1.75. The minimum atomic E-state index is -0.489. The van der Waals surface area contributed by atoms with Crippen LogP contribution in [0.4, 0.5) is 10.1 Å². The molecule has 1 heterocycles. The van der Waals surface area contributed by atoms with E-state index >= 15 is 0 Å². The highest BCUT2D eigenvalue weighted by Gasteiger charge is 2.06. The van der Waals surface area contributed by atoms with Gasteiger partial charge in [-0.05, 0) is 18.1 Å². The Balaban J connectivity index is 2.92. The molecule has 0 bridgehead atoms. The van der Waals surface area contributed by atoms with E-state index in [2.05, 4.69) is 10.3 Å². The van der Waals surface area contributed by atoms with E-state index in [4.69, 9.17) is 5.73 Å². The molecule has 1 aromatic rings.